The molecule has 0 fully saturated rings. The van der Waals surface area contributed by atoms with Gasteiger partial charge >= 0.3 is 0 Å². The molecule has 0 amide bonds. The Hall–Kier alpha value is -1.38. The van der Waals surface area contributed by atoms with E-state index in [1.807, 2.05) is 19.2 Å². The Morgan fingerprint density at radius 2 is 2.38 bits per heavy atom. The maximum Gasteiger partial charge on any atom is 0.195 e. The second-order valence-corrected chi connectivity index (χ2v) is 3.12. The summed E-state index contributed by atoms with van der Waals surface area (Å²) in [6.07, 6.45) is 4.61. The zero-order valence-electron chi connectivity index (χ0n) is 7.82. The summed E-state index contributed by atoms with van der Waals surface area (Å²) in [6.45, 7) is 4.08. The molecule has 3 heteroatoms. The van der Waals surface area contributed by atoms with Gasteiger partial charge in [-0.05, 0) is 25.0 Å². The van der Waals surface area contributed by atoms with Crippen LogP contribution in [0.15, 0.2) is 17.3 Å². The van der Waals surface area contributed by atoms with E-state index < -0.39 is 0 Å². The fourth-order valence-electron chi connectivity index (χ4n) is 1.29. The molecule has 0 aliphatic carbocycles. The van der Waals surface area contributed by atoms with Crippen molar-refractivity contribution in [3.05, 3.63) is 17.8 Å². The van der Waals surface area contributed by atoms with Crippen LogP contribution in [-0.2, 0) is 0 Å². The van der Waals surface area contributed by atoms with Crippen LogP contribution < -0.4 is 4.74 Å². The molecule has 1 aromatic heterocycles. The Balaban J connectivity index is 2.41. The Morgan fingerprint density at radius 1 is 1.54 bits per heavy atom. The van der Waals surface area contributed by atoms with E-state index in [-0.39, 0.29) is 6.10 Å². The predicted octanol–water partition coefficient (Wildman–Crippen LogP) is 2.26. The first-order valence-electron chi connectivity index (χ1n) is 4.47. The van der Waals surface area contributed by atoms with E-state index in [2.05, 4.69) is 16.9 Å². The van der Waals surface area contributed by atoms with Gasteiger partial charge in [0.15, 0.2) is 11.6 Å². The minimum atomic E-state index is 0.107. The quantitative estimate of drug-likeness (QED) is 0.657. The van der Waals surface area contributed by atoms with E-state index >= 15 is 0 Å². The van der Waals surface area contributed by atoms with Crippen LogP contribution in [-0.4, -0.2) is 17.3 Å². The minimum Gasteiger partial charge on any atom is -0.481 e. The van der Waals surface area contributed by atoms with Gasteiger partial charge in [-0.25, -0.2) is 9.98 Å². The van der Waals surface area contributed by atoms with Crippen LogP contribution in [0.4, 0.5) is 5.82 Å². The average Bonchev–Trinajstić information content (AvgIpc) is 2.18. The summed E-state index contributed by atoms with van der Waals surface area (Å²) in [5.41, 5.74) is 1.10. The first kappa shape index (κ1) is 8.23. The maximum atomic E-state index is 5.70. The molecule has 0 spiro atoms. The minimum absolute atomic E-state index is 0.107. The number of ether oxygens (including phenoxy) is 1. The highest BCUT2D eigenvalue weighted by Crippen LogP contribution is 2.31. The van der Waals surface area contributed by atoms with E-state index in [1.54, 1.807) is 6.20 Å². The van der Waals surface area contributed by atoms with Crippen molar-refractivity contribution in [2.24, 2.45) is 4.99 Å². The Labute approximate surface area is 77.5 Å². The molecule has 1 atom stereocenters. The number of nitrogens with zero attached hydrogens (tertiary/aromatic N) is 2. The molecule has 0 N–H and O–H groups in total. The summed E-state index contributed by atoms with van der Waals surface area (Å²) in [5.74, 6) is 1.53. The molecular formula is C10H12N2O. The van der Waals surface area contributed by atoms with E-state index in [4.69, 9.17) is 4.74 Å². The van der Waals surface area contributed by atoms with Crippen LogP contribution in [0.5, 0.6) is 5.75 Å². The highest BCUT2D eigenvalue weighted by Gasteiger charge is 2.16. The summed E-state index contributed by atoms with van der Waals surface area (Å²) in [7, 11) is 0. The van der Waals surface area contributed by atoms with Crippen LogP contribution >= 0.6 is 0 Å². The van der Waals surface area contributed by atoms with Crippen LogP contribution in [0.2, 0.25) is 0 Å². The lowest BCUT2D eigenvalue weighted by molar-refractivity contribution is 0.261. The lowest BCUT2D eigenvalue weighted by Crippen LogP contribution is -2.20. The smallest absolute Gasteiger partial charge is 0.195 e. The van der Waals surface area contributed by atoms with Gasteiger partial charge in [-0.15, -0.1) is 0 Å². The molecule has 0 aromatic carbocycles. The Bertz CT molecular complexity index is 347. The van der Waals surface area contributed by atoms with Crippen LogP contribution in [0.25, 0.3) is 0 Å². The number of rotatable bonds is 1. The standard InChI is InChI=1S/C10H12N2O/c1-3-8-6-12-10-9(13-8)7(2)4-5-11-10/h4-6,8H,3H2,1-2H3/t8-/m0/s1. The number of hydrogen-bond donors (Lipinski definition) is 0. The molecule has 1 aromatic rings. The number of aryl methyl sites for hydroxylation is 1. The van der Waals surface area contributed by atoms with Gasteiger partial charge in [-0.2, -0.15) is 0 Å². The SMILES string of the molecule is CC[C@H]1C=Nc2nccc(C)c2O1. The van der Waals surface area contributed by atoms with E-state index in [9.17, 15) is 0 Å². The molecule has 2 heterocycles. The molecule has 0 saturated heterocycles. The van der Waals surface area contributed by atoms with Crippen LogP contribution in [0.3, 0.4) is 0 Å². The summed E-state index contributed by atoms with van der Waals surface area (Å²) < 4.78 is 5.70. The highest BCUT2D eigenvalue weighted by molar-refractivity contribution is 5.72. The predicted molar refractivity (Wildman–Crippen MR) is 51.8 cm³/mol. The molecule has 13 heavy (non-hydrogen) atoms. The van der Waals surface area contributed by atoms with Crippen molar-refractivity contribution in [1.29, 1.82) is 0 Å². The number of fused-ring (bicyclic) bond motifs is 1. The normalized spacial score (nSPS) is 19.4. The van der Waals surface area contributed by atoms with E-state index in [1.165, 1.54) is 0 Å². The maximum absolute atomic E-state index is 5.70. The molecule has 1 aliphatic heterocycles. The molecule has 0 radical (unpaired) electrons. The monoisotopic (exact) mass is 176 g/mol. The zero-order chi connectivity index (χ0) is 9.26. The molecule has 2 rings (SSSR count). The third-order valence-electron chi connectivity index (χ3n) is 2.12. The summed E-state index contributed by atoms with van der Waals surface area (Å²) in [6, 6.07) is 1.94. The number of aliphatic imine (C=N–C) groups is 1. The van der Waals surface area contributed by atoms with Gasteiger partial charge in [0.25, 0.3) is 0 Å². The molecule has 68 valence electrons. The van der Waals surface area contributed by atoms with Crippen molar-refractivity contribution >= 4 is 12.0 Å². The van der Waals surface area contributed by atoms with Gasteiger partial charge in [-0.3, -0.25) is 0 Å². The van der Waals surface area contributed by atoms with Gasteiger partial charge < -0.3 is 4.74 Å². The van der Waals surface area contributed by atoms with Gasteiger partial charge in [0.05, 0.1) is 0 Å². The van der Waals surface area contributed by atoms with E-state index in [0.717, 1.165) is 17.7 Å². The zero-order valence-corrected chi connectivity index (χ0v) is 7.82. The Kier molecular flexibility index (Phi) is 2.00. The van der Waals surface area contributed by atoms with Crippen molar-refractivity contribution in [2.45, 2.75) is 26.4 Å². The van der Waals surface area contributed by atoms with Gasteiger partial charge in [0, 0.05) is 12.4 Å². The van der Waals surface area contributed by atoms with Crippen molar-refractivity contribution < 1.29 is 4.74 Å². The largest absolute Gasteiger partial charge is 0.481 e. The second kappa shape index (κ2) is 3.17. The second-order valence-electron chi connectivity index (χ2n) is 3.12. The van der Waals surface area contributed by atoms with Gasteiger partial charge in [0.2, 0.25) is 0 Å². The summed E-state index contributed by atoms with van der Waals surface area (Å²) in [5, 5.41) is 0. The third-order valence-corrected chi connectivity index (χ3v) is 2.12. The molecule has 1 aliphatic rings. The third kappa shape index (κ3) is 1.41. The lowest BCUT2D eigenvalue weighted by atomic mass is 10.2. The van der Waals surface area contributed by atoms with Crippen molar-refractivity contribution in [3.63, 3.8) is 0 Å². The van der Waals surface area contributed by atoms with Crippen molar-refractivity contribution in [3.8, 4) is 5.75 Å². The molecule has 0 saturated carbocycles. The molecule has 0 unspecified atom stereocenters. The topological polar surface area (TPSA) is 34.5 Å². The fraction of sp³-hybridized carbons (Fsp3) is 0.400. The van der Waals surface area contributed by atoms with Gasteiger partial charge in [-0.1, -0.05) is 6.92 Å². The molecular weight excluding hydrogens is 164 g/mol. The van der Waals surface area contributed by atoms with Crippen LogP contribution in [0.1, 0.15) is 18.9 Å². The number of pyridine rings is 1. The molecule has 0 bridgehead atoms. The summed E-state index contributed by atoms with van der Waals surface area (Å²) >= 11 is 0. The van der Waals surface area contributed by atoms with Crippen molar-refractivity contribution in [2.75, 3.05) is 0 Å². The molecule has 3 nitrogen and oxygen atoms in total. The fourth-order valence-corrected chi connectivity index (χ4v) is 1.29. The first-order valence-corrected chi connectivity index (χ1v) is 4.47. The summed E-state index contributed by atoms with van der Waals surface area (Å²) in [4.78, 5) is 8.37. The van der Waals surface area contributed by atoms with Crippen molar-refractivity contribution in [1.82, 2.24) is 4.98 Å². The number of aromatic nitrogens is 1. The average molecular weight is 176 g/mol. The van der Waals surface area contributed by atoms with Crippen LogP contribution in [0, 0.1) is 6.92 Å². The van der Waals surface area contributed by atoms with Gasteiger partial charge in [0.1, 0.15) is 6.10 Å². The first-order chi connectivity index (χ1) is 6.31. The Morgan fingerprint density at radius 3 is 3.15 bits per heavy atom. The lowest BCUT2D eigenvalue weighted by Gasteiger charge is -2.19. The number of hydrogen-bond acceptors (Lipinski definition) is 3. The highest BCUT2D eigenvalue weighted by atomic mass is 16.5. The van der Waals surface area contributed by atoms with E-state index in [0.29, 0.717) is 5.82 Å².